The van der Waals surface area contributed by atoms with Crippen LogP contribution in [0.1, 0.15) is 81.5 Å². The van der Waals surface area contributed by atoms with E-state index in [2.05, 4.69) is 41.5 Å². The summed E-state index contributed by atoms with van der Waals surface area (Å²) in [4.78, 5) is 151. The Bertz CT molecular complexity index is 2690. The number of aromatic amines is 1. The molecule has 4 heterocycles. The maximum Gasteiger partial charge on any atom is 0.326 e. The maximum absolute atomic E-state index is 14.5. The van der Waals surface area contributed by atoms with E-state index in [4.69, 9.17) is 17.2 Å². The Kier molecular flexibility index (Phi) is 21.2. The molecule has 0 aliphatic carbocycles. The van der Waals surface area contributed by atoms with E-state index in [1.165, 1.54) is 53.5 Å². The lowest BCUT2D eigenvalue weighted by Crippen LogP contribution is -2.60. The van der Waals surface area contributed by atoms with Gasteiger partial charge in [0.15, 0.2) is 5.96 Å². The van der Waals surface area contributed by atoms with E-state index >= 15 is 0 Å². The molecule has 8 amide bonds. The van der Waals surface area contributed by atoms with Crippen molar-refractivity contribution in [3.63, 3.8) is 0 Å². The number of amides is 8. The summed E-state index contributed by atoms with van der Waals surface area (Å²) in [6.45, 7) is 1.97. The number of aliphatic imine (C=N–C) groups is 1. The Morgan fingerprint density at radius 2 is 1.22 bits per heavy atom. The highest BCUT2D eigenvalue weighted by Gasteiger charge is 2.45. The summed E-state index contributed by atoms with van der Waals surface area (Å²) < 4.78 is 0. The molecule has 3 fully saturated rings. The van der Waals surface area contributed by atoms with Gasteiger partial charge in [-0.15, -0.1) is 0 Å². The number of aromatic hydroxyl groups is 1. The molecule has 0 unspecified atom stereocenters. The number of carbonyl (C=O) groups excluding carboxylic acids is 8. The number of carboxylic acids is 2. The quantitative estimate of drug-likeness (QED) is 0.0225. The number of nitrogens with one attached hydrogen (secondary N) is 6. The maximum atomic E-state index is 14.5. The first kappa shape index (κ1) is 59.6. The number of phenols is 1. The van der Waals surface area contributed by atoms with E-state index in [9.17, 15) is 63.3 Å². The van der Waals surface area contributed by atoms with Crippen molar-refractivity contribution < 1.29 is 63.3 Å². The first-order valence-electron chi connectivity index (χ1n) is 26.2. The van der Waals surface area contributed by atoms with Crippen LogP contribution in [0.3, 0.4) is 0 Å². The van der Waals surface area contributed by atoms with Crippen molar-refractivity contribution in [2.45, 2.75) is 138 Å². The second-order valence-corrected chi connectivity index (χ2v) is 19.9. The van der Waals surface area contributed by atoms with Gasteiger partial charge in [-0.3, -0.25) is 48.1 Å². The Labute approximate surface area is 454 Å². The second kappa shape index (κ2) is 28.1. The summed E-state index contributed by atoms with van der Waals surface area (Å²) in [5, 5.41) is 42.8. The highest BCUT2D eigenvalue weighted by molar-refractivity contribution is 5.99. The molecule has 1 aromatic heterocycles. The van der Waals surface area contributed by atoms with Crippen LogP contribution >= 0.6 is 0 Å². The zero-order valence-corrected chi connectivity index (χ0v) is 43.8. The fourth-order valence-electron chi connectivity index (χ4n) is 9.95. The number of nitrogens with two attached hydrogens (primary N) is 3. The van der Waals surface area contributed by atoms with Crippen molar-refractivity contribution in [1.82, 2.24) is 51.3 Å². The molecule has 3 aliphatic heterocycles. The van der Waals surface area contributed by atoms with Crippen molar-refractivity contribution in [1.29, 1.82) is 0 Å². The average molecular weight is 1100 g/mol. The number of benzene rings is 2. The first-order chi connectivity index (χ1) is 37.7. The molecule has 0 bridgehead atoms. The van der Waals surface area contributed by atoms with Crippen LogP contribution in [0.25, 0.3) is 0 Å². The van der Waals surface area contributed by atoms with Crippen molar-refractivity contribution >= 4 is 65.2 Å². The van der Waals surface area contributed by atoms with Gasteiger partial charge in [-0.05, 0) is 81.5 Å². The zero-order chi connectivity index (χ0) is 57.3. The third-order valence-electron chi connectivity index (χ3n) is 14.0. The molecule has 2 aromatic carbocycles. The summed E-state index contributed by atoms with van der Waals surface area (Å²) in [5.41, 5.74) is 18.4. The van der Waals surface area contributed by atoms with E-state index in [0.717, 1.165) is 4.90 Å². The molecule has 79 heavy (non-hydrogen) atoms. The number of phenolic OH excluding ortho intramolecular Hbond substituents is 1. The van der Waals surface area contributed by atoms with Crippen LogP contribution < -0.4 is 43.8 Å². The number of H-pyrrole nitrogens is 1. The van der Waals surface area contributed by atoms with Gasteiger partial charge in [-0.25, -0.2) is 9.78 Å². The minimum Gasteiger partial charge on any atom is -0.508 e. The Morgan fingerprint density at radius 1 is 0.671 bits per heavy atom. The van der Waals surface area contributed by atoms with Gasteiger partial charge < -0.3 is 78.8 Å². The third kappa shape index (κ3) is 16.7. The van der Waals surface area contributed by atoms with Crippen LogP contribution in [-0.2, 0) is 67.2 Å². The minimum atomic E-state index is -1.74. The standard InChI is InChI=1S/C52H70N14O13/c1-29(59-46(73)39-12-6-20-64(39)48(75)34(53)11-5-19-57-52(54)55)43(70)60-35(23-30-9-3-2-4-10-30)44(71)62-37(26-42(68)69)49(76)66-22-8-14-41(66)50(77)65-21-7-13-40(65)47(74)61-36(24-31-15-17-33(67)18-16-31)45(72)63-38(51(78)79)25-32-27-56-28-58-32/h2-4,9-10,15-18,27-29,34-41,67H,5-8,11-14,19-26,53H2,1H3,(H,56,58)(H,59,73)(H,60,70)(H,61,74)(H,62,71)(H,63,72)(H,68,69)(H,78,79)(H4,54,55,57)/t29-,34-,35-,36-,37-,38-,39-,40-,41-/m0/s1. The predicted octanol–water partition coefficient (Wildman–Crippen LogP) is -2.50. The largest absolute Gasteiger partial charge is 0.508 e. The number of aromatic nitrogens is 2. The average Bonchev–Trinajstić information content (AvgIpc) is 4.29. The molecular formula is C52H70N14O13. The van der Waals surface area contributed by atoms with E-state index < -0.39 is 120 Å². The first-order valence-corrected chi connectivity index (χ1v) is 26.2. The fraction of sp³-hybridized carbons (Fsp3) is 0.500. The SMILES string of the molecule is C[C@H](NC(=O)[C@@H]1CCCN1C(=O)[C@@H](N)CCCN=C(N)N)C(=O)N[C@@H](Cc1ccccc1)C(=O)N[C@@H](CC(=O)O)C(=O)N1CCC[C@H]1C(=O)N1CCC[C@H]1C(=O)N[C@@H](Cc1ccc(O)cc1)C(=O)N[C@@H](Cc1cnc[nH]1)C(=O)O. The molecular weight excluding hydrogens is 1030 g/mol. The molecule has 6 rings (SSSR count). The monoisotopic (exact) mass is 1100 g/mol. The van der Waals surface area contributed by atoms with Crippen LogP contribution in [0, 0.1) is 0 Å². The lowest BCUT2D eigenvalue weighted by atomic mass is 10.0. The fourth-order valence-corrected chi connectivity index (χ4v) is 9.95. The highest BCUT2D eigenvalue weighted by atomic mass is 16.4. The van der Waals surface area contributed by atoms with Gasteiger partial charge in [-0.1, -0.05) is 42.5 Å². The van der Waals surface area contributed by atoms with E-state index in [1.54, 1.807) is 30.3 Å². The van der Waals surface area contributed by atoms with Gasteiger partial charge in [0.2, 0.25) is 47.3 Å². The molecule has 27 nitrogen and oxygen atoms in total. The number of hydrogen-bond donors (Lipinski definition) is 12. The lowest BCUT2D eigenvalue weighted by molar-refractivity contribution is -0.150. The van der Waals surface area contributed by atoms with Crippen LogP contribution in [0.5, 0.6) is 5.75 Å². The number of likely N-dealkylation sites (tertiary alicyclic amines) is 3. The van der Waals surface area contributed by atoms with E-state index in [-0.39, 0.29) is 76.4 Å². The minimum absolute atomic E-state index is 0.0130. The number of carboxylic acid groups (broad SMARTS) is 2. The molecule has 3 saturated heterocycles. The van der Waals surface area contributed by atoms with E-state index in [1.807, 2.05) is 0 Å². The molecule has 9 atom stereocenters. The van der Waals surface area contributed by atoms with Gasteiger partial charge in [0, 0.05) is 57.3 Å². The molecule has 15 N–H and O–H groups in total. The highest BCUT2D eigenvalue weighted by Crippen LogP contribution is 2.27. The smallest absolute Gasteiger partial charge is 0.326 e. The van der Waals surface area contributed by atoms with Crippen molar-refractivity contribution in [2.24, 2.45) is 22.2 Å². The molecule has 3 aromatic rings. The Hall–Kier alpha value is -8.62. The second-order valence-electron chi connectivity index (χ2n) is 19.9. The number of carbonyl (C=O) groups is 10. The summed E-state index contributed by atoms with van der Waals surface area (Å²) in [7, 11) is 0. The predicted molar refractivity (Wildman–Crippen MR) is 282 cm³/mol. The summed E-state index contributed by atoms with van der Waals surface area (Å²) >= 11 is 0. The number of rotatable bonds is 26. The molecule has 27 heteroatoms. The Morgan fingerprint density at radius 3 is 1.81 bits per heavy atom. The molecule has 0 saturated carbocycles. The van der Waals surface area contributed by atoms with Gasteiger partial charge in [-0.2, -0.15) is 0 Å². The van der Waals surface area contributed by atoms with Gasteiger partial charge in [0.25, 0.3) is 0 Å². The zero-order valence-electron chi connectivity index (χ0n) is 43.8. The van der Waals surface area contributed by atoms with Gasteiger partial charge in [0.1, 0.15) is 54.1 Å². The number of aliphatic carboxylic acids is 2. The third-order valence-corrected chi connectivity index (χ3v) is 14.0. The number of imidazole rings is 1. The molecule has 0 spiro atoms. The number of nitrogens with zero attached hydrogens (tertiary/aromatic N) is 5. The van der Waals surface area contributed by atoms with Crippen molar-refractivity contribution in [2.75, 3.05) is 26.2 Å². The summed E-state index contributed by atoms with van der Waals surface area (Å²) in [6.07, 6.45) is 3.84. The molecule has 0 radical (unpaired) electrons. The number of hydrogen-bond acceptors (Lipinski definition) is 14. The normalized spacial score (nSPS) is 19.2. The molecule has 426 valence electrons. The summed E-state index contributed by atoms with van der Waals surface area (Å²) in [5.74, 6) is -8.92. The van der Waals surface area contributed by atoms with Crippen LogP contribution in [0.4, 0.5) is 0 Å². The lowest BCUT2D eigenvalue weighted by Gasteiger charge is -2.33. The number of guanidine groups is 1. The van der Waals surface area contributed by atoms with Crippen LogP contribution in [0.2, 0.25) is 0 Å². The van der Waals surface area contributed by atoms with Gasteiger partial charge >= 0.3 is 11.9 Å². The van der Waals surface area contributed by atoms with Crippen LogP contribution in [0.15, 0.2) is 72.1 Å². The van der Waals surface area contributed by atoms with E-state index in [0.29, 0.717) is 48.9 Å². The Balaban J connectivity index is 1.13. The molecule has 3 aliphatic rings. The van der Waals surface area contributed by atoms with Crippen molar-refractivity contribution in [3.05, 3.63) is 83.9 Å². The topological polar surface area (TPSA) is 420 Å². The van der Waals surface area contributed by atoms with Crippen molar-refractivity contribution in [3.8, 4) is 5.75 Å². The van der Waals surface area contributed by atoms with Crippen LogP contribution in [-0.4, -0.2) is 186 Å². The van der Waals surface area contributed by atoms with Gasteiger partial charge in [0.05, 0.1) is 18.8 Å². The summed E-state index contributed by atoms with van der Waals surface area (Å²) in [6, 6.07) is 2.93.